The minimum atomic E-state index is -1.05. The Labute approximate surface area is 71.6 Å². The van der Waals surface area contributed by atoms with Gasteiger partial charge in [0.1, 0.15) is 6.54 Å². The summed E-state index contributed by atoms with van der Waals surface area (Å²) in [5.41, 5.74) is 0. The summed E-state index contributed by atoms with van der Waals surface area (Å²) in [6.45, 7) is -0.335. The molecule has 0 aliphatic carbocycles. The molecular weight excluding hydrogens is 193 g/mol. The van der Waals surface area contributed by atoms with E-state index in [-0.39, 0.29) is 17.1 Å². The average molecular weight is 196 g/mol. The van der Waals surface area contributed by atoms with Crippen molar-refractivity contribution in [1.82, 2.24) is 14.8 Å². The molecule has 5 nitrogen and oxygen atoms in total. The molecule has 11 heavy (non-hydrogen) atoms. The number of hydrogen-bond acceptors (Lipinski definition) is 3. The summed E-state index contributed by atoms with van der Waals surface area (Å²) in [4.78, 5) is 13.6. The van der Waals surface area contributed by atoms with Crippen molar-refractivity contribution in [3.05, 3.63) is 10.6 Å². The summed E-state index contributed by atoms with van der Waals surface area (Å²) in [7, 11) is 0. The van der Waals surface area contributed by atoms with E-state index in [1.54, 1.807) is 0 Å². The molecule has 1 rings (SSSR count). The van der Waals surface area contributed by atoms with Crippen LogP contribution in [0.5, 0.6) is 0 Å². The molecule has 1 aromatic rings. The second kappa shape index (κ2) is 3.06. The number of carboxylic acid groups (broad SMARTS) is 1. The molecule has 0 radical (unpaired) electrons. The summed E-state index contributed by atoms with van der Waals surface area (Å²) < 4.78 is 0.992. The highest BCUT2D eigenvalue weighted by Crippen LogP contribution is 2.08. The van der Waals surface area contributed by atoms with Gasteiger partial charge in [0, 0.05) is 0 Å². The molecule has 7 heteroatoms. The molecule has 0 bridgehead atoms. The molecule has 0 saturated carbocycles. The maximum absolute atomic E-state index is 10.1. The maximum atomic E-state index is 10.1. The molecule has 0 aromatic carbocycles. The summed E-state index contributed by atoms with van der Waals surface area (Å²) >= 11 is 10.8. The van der Waals surface area contributed by atoms with E-state index < -0.39 is 5.97 Å². The third-order valence-corrected chi connectivity index (χ3v) is 1.33. The van der Waals surface area contributed by atoms with E-state index in [0.717, 1.165) is 4.68 Å². The van der Waals surface area contributed by atoms with Crippen LogP contribution in [0.4, 0.5) is 0 Å². The van der Waals surface area contributed by atoms with Crippen LogP contribution in [0.2, 0.25) is 10.6 Å². The second-order valence-electron chi connectivity index (χ2n) is 1.70. The molecule has 1 N–H and O–H groups in total. The van der Waals surface area contributed by atoms with Crippen molar-refractivity contribution in [1.29, 1.82) is 0 Å². The van der Waals surface area contributed by atoms with Crippen LogP contribution in [-0.4, -0.2) is 25.8 Å². The van der Waals surface area contributed by atoms with E-state index in [2.05, 4.69) is 10.1 Å². The Morgan fingerprint density at radius 1 is 1.64 bits per heavy atom. The standard InChI is InChI=1S/C4H3Cl2N3O2/c5-3-7-4(6)9(8-3)1-2(10)11/h1H2,(H,10,11). The Hall–Kier alpha value is -0.810. The van der Waals surface area contributed by atoms with E-state index in [1.165, 1.54) is 0 Å². The molecule has 0 atom stereocenters. The summed E-state index contributed by atoms with van der Waals surface area (Å²) in [5, 5.41) is 11.7. The van der Waals surface area contributed by atoms with Crippen LogP contribution in [0.1, 0.15) is 0 Å². The van der Waals surface area contributed by atoms with Crippen molar-refractivity contribution in [3.63, 3.8) is 0 Å². The number of aliphatic carboxylic acids is 1. The van der Waals surface area contributed by atoms with Gasteiger partial charge < -0.3 is 5.11 Å². The molecule has 0 aliphatic heterocycles. The zero-order valence-electron chi connectivity index (χ0n) is 5.16. The van der Waals surface area contributed by atoms with Gasteiger partial charge in [-0.15, -0.1) is 5.10 Å². The molecule has 1 heterocycles. The first-order valence-electron chi connectivity index (χ1n) is 2.57. The normalized spacial score (nSPS) is 10.0. The third-order valence-electron chi connectivity index (χ3n) is 0.886. The number of aromatic nitrogens is 3. The van der Waals surface area contributed by atoms with E-state index in [0.29, 0.717) is 0 Å². The first-order valence-corrected chi connectivity index (χ1v) is 3.33. The number of nitrogens with zero attached hydrogens (tertiary/aromatic N) is 3. The first kappa shape index (κ1) is 8.29. The second-order valence-corrected chi connectivity index (χ2v) is 2.38. The van der Waals surface area contributed by atoms with Crippen molar-refractivity contribution in [2.75, 3.05) is 0 Å². The largest absolute Gasteiger partial charge is 0.480 e. The summed E-state index contributed by atoms with van der Waals surface area (Å²) in [5.74, 6) is -1.05. The van der Waals surface area contributed by atoms with Crippen LogP contribution < -0.4 is 0 Å². The van der Waals surface area contributed by atoms with Crippen LogP contribution in [0.25, 0.3) is 0 Å². The van der Waals surface area contributed by atoms with Gasteiger partial charge in [0.15, 0.2) is 0 Å². The van der Waals surface area contributed by atoms with Gasteiger partial charge >= 0.3 is 5.97 Å². The molecule has 0 fully saturated rings. The van der Waals surface area contributed by atoms with E-state index in [1.807, 2.05) is 0 Å². The van der Waals surface area contributed by atoms with Gasteiger partial charge in [0.25, 0.3) is 0 Å². The van der Waals surface area contributed by atoms with Crippen LogP contribution in [0, 0.1) is 0 Å². The first-order chi connectivity index (χ1) is 5.09. The van der Waals surface area contributed by atoms with Crippen LogP contribution in [-0.2, 0) is 11.3 Å². The zero-order valence-corrected chi connectivity index (χ0v) is 6.67. The van der Waals surface area contributed by atoms with Crippen LogP contribution >= 0.6 is 23.2 Å². The lowest BCUT2D eigenvalue weighted by Crippen LogP contribution is -2.09. The number of hydrogen-bond donors (Lipinski definition) is 1. The smallest absolute Gasteiger partial charge is 0.325 e. The zero-order chi connectivity index (χ0) is 8.43. The maximum Gasteiger partial charge on any atom is 0.325 e. The monoisotopic (exact) mass is 195 g/mol. The van der Waals surface area contributed by atoms with Gasteiger partial charge in [0.2, 0.25) is 10.6 Å². The van der Waals surface area contributed by atoms with Gasteiger partial charge in [-0.25, -0.2) is 4.68 Å². The lowest BCUT2D eigenvalue weighted by molar-refractivity contribution is -0.137. The van der Waals surface area contributed by atoms with Gasteiger partial charge in [-0.05, 0) is 23.2 Å². The Balaban J connectivity index is 2.85. The minimum Gasteiger partial charge on any atom is -0.480 e. The van der Waals surface area contributed by atoms with Gasteiger partial charge in [-0.3, -0.25) is 4.79 Å². The fourth-order valence-electron chi connectivity index (χ4n) is 0.526. The molecule has 0 saturated heterocycles. The Morgan fingerprint density at radius 2 is 2.27 bits per heavy atom. The third kappa shape index (κ3) is 2.06. The van der Waals surface area contributed by atoms with Crippen molar-refractivity contribution in [2.24, 2.45) is 0 Å². The van der Waals surface area contributed by atoms with E-state index in [4.69, 9.17) is 28.3 Å². The number of halogens is 2. The van der Waals surface area contributed by atoms with Crippen molar-refractivity contribution < 1.29 is 9.90 Å². The molecule has 0 spiro atoms. The van der Waals surface area contributed by atoms with E-state index in [9.17, 15) is 4.79 Å². The minimum absolute atomic E-state index is 0.0302. The highest BCUT2D eigenvalue weighted by atomic mass is 35.5. The number of carboxylic acids is 1. The molecule has 0 unspecified atom stereocenters. The highest BCUT2D eigenvalue weighted by molar-refractivity contribution is 6.31. The summed E-state index contributed by atoms with van der Waals surface area (Å²) in [6.07, 6.45) is 0. The van der Waals surface area contributed by atoms with E-state index >= 15 is 0 Å². The van der Waals surface area contributed by atoms with Gasteiger partial charge in [-0.2, -0.15) is 4.98 Å². The number of carbonyl (C=O) groups is 1. The van der Waals surface area contributed by atoms with Gasteiger partial charge in [0.05, 0.1) is 0 Å². The Morgan fingerprint density at radius 3 is 2.64 bits per heavy atom. The average Bonchev–Trinajstić information content (AvgIpc) is 2.09. The lowest BCUT2D eigenvalue weighted by Gasteiger charge is -1.93. The summed E-state index contributed by atoms with van der Waals surface area (Å²) in [6, 6.07) is 0. The van der Waals surface area contributed by atoms with Crippen molar-refractivity contribution in [2.45, 2.75) is 6.54 Å². The lowest BCUT2D eigenvalue weighted by atomic mass is 10.7. The fourth-order valence-corrected chi connectivity index (χ4v) is 0.918. The predicted molar refractivity (Wildman–Crippen MR) is 37.7 cm³/mol. The molecule has 1 aromatic heterocycles. The topological polar surface area (TPSA) is 68.0 Å². The van der Waals surface area contributed by atoms with Crippen LogP contribution in [0.15, 0.2) is 0 Å². The van der Waals surface area contributed by atoms with Crippen molar-refractivity contribution in [3.8, 4) is 0 Å². The van der Waals surface area contributed by atoms with Gasteiger partial charge in [-0.1, -0.05) is 0 Å². The van der Waals surface area contributed by atoms with Crippen molar-refractivity contribution >= 4 is 29.2 Å². The Bertz CT molecular complexity index is 285. The highest BCUT2D eigenvalue weighted by Gasteiger charge is 2.07. The predicted octanol–water partition coefficient (Wildman–Crippen LogP) is 0.669. The molecule has 0 aliphatic rings. The quantitative estimate of drug-likeness (QED) is 0.754. The Kier molecular flexibility index (Phi) is 2.31. The SMILES string of the molecule is O=C(O)Cn1nc(Cl)nc1Cl. The fraction of sp³-hybridized carbons (Fsp3) is 0.250. The molecular formula is C4H3Cl2N3O2. The molecule has 60 valence electrons. The number of rotatable bonds is 2. The van der Waals surface area contributed by atoms with Crippen LogP contribution in [0.3, 0.4) is 0 Å². The molecule has 0 amide bonds.